The predicted molar refractivity (Wildman–Crippen MR) is 76.4 cm³/mol. The minimum absolute atomic E-state index is 0.237. The molecule has 0 saturated carbocycles. The molecule has 1 fully saturated rings. The summed E-state index contributed by atoms with van der Waals surface area (Å²) in [4.78, 5) is 2.71. The molecule has 0 aliphatic carbocycles. The van der Waals surface area contributed by atoms with E-state index in [0.717, 1.165) is 18.4 Å². The molecule has 1 aliphatic rings. The lowest BCUT2D eigenvalue weighted by molar-refractivity contribution is 0.0889. The fourth-order valence-corrected chi connectivity index (χ4v) is 2.96. The maximum atomic E-state index is 3.66. The molecular formula is C15H32N2. The van der Waals surface area contributed by atoms with E-state index in [1.807, 2.05) is 0 Å². The van der Waals surface area contributed by atoms with E-state index >= 15 is 0 Å². The van der Waals surface area contributed by atoms with Crippen LogP contribution in [0.25, 0.3) is 0 Å². The van der Waals surface area contributed by atoms with Gasteiger partial charge in [-0.05, 0) is 45.4 Å². The zero-order valence-electron chi connectivity index (χ0n) is 12.7. The molecule has 0 aromatic rings. The summed E-state index contributed by atoms with van der Waals surface area (Å²) in [5.74, 6) is 1.73. The SMILES string of the molecule is CCC(CNC(C)(C)C)N1CC(C)CC(C)C1. The van der Waals surface area contributed by atoms with Crippen LogP contribution < -0.4 is 5.32 Å². The molecule has 1 heterocycles. The lowest BCUT2D eigenvalue weighted by Crippen LogP contribution is -2.51. The molecule has 0 aromatic carbocycles. The summed E-state index contributed by atoms with van der Waals surface area (Å²) in [6, 6.07) is 0.708. The lowest BCUT2D eigenvalue weighted by atomic mass is 9.90. The van der Waals surface area contributed by atoms with Gasteiger partial charge in [-0.3, -0.25) is 4.90 Å². The fourth-order valence-electron chi connectivity index (χ4n) is 2.96. The van der Waals surface area contributed by atoms with Crippen molar-refractivity contribution in [3.8, 4) is 0 Å². The van der Waals surface area contributed by atoms with Crippen molar-refractivity contribution in [2.45, 2.75) is 66.0 Å². The Morgan fingerprint density at radius 2 is 1.71 bits per heavy atom. The number of rotatable bonds is 4. The Balaban J connectivity index is 2.48. The van der Waals surface area contributed by atoms with E-state index in [0.29, 0.717) is 6.04 Å². The molecule has 0 bridgehead atoms. The number of nitrogens with one attached hydrogen (secondary N) is 1. The second-order valence-electron chi connectivity index (χ2n) is 7.09. The van der Waals surface area contributed by atoms with Gasteiger partial charge in [-0.1, -0.05) is 20.8 Å². The summed E-state index contributed by atoms with van der Waals surface area (Å²) in [7, 11) is 0. The van der Waals surface area contributed by atoms with E-state index < -0.39 is 0 Å². The summed E-state index contributed by atoms with van der Waals surface area (Å²) in [5.41, 5.74) is 0.237. The Bertz CT molecular complexity index is 209. The molecule has 3 atom stereocenters. The summed E-state index contributed by atoms with van der Waals surface area (Å²) in [6.45, 7) is 17.6. The van der Waals surface area contributed by atoms with Crippen LogP contribution in [0.5, 0.6) is 0 Å². The molecule has 0 radical (unpaired) electrons. The summed E-state index contributed by atoms with van der Waals surface area (Å²) in [6.07, 6.45) is 2.65. The summed E-state index contributed by atoms with van der Waals surface area (Å²) in [5, 5.41) is 3.66. The van der Waals surface area contributed by atoms with Crippen LogP contribution in [0.1, 0.15) is 54.4 Å². The molecule has 17 heavy (non-hydrogen) atoms. The molecule has 2 nitrogen and oxygen atoms in total. The zero-order valence-corrected chi connectivity index (χ0v) is 12.7. The van der Waals surface area contributed by atoms with Crippen LogP contribution in [-0.4, -0.2) is 36.1 Å². The second kappa shape index (κ2) is 6.19. The van der Waals surface area contributed by atoms with Crippen molar-refractivity contribution in [1.29, 1.82) is 0 Å². The molecule has 2 heteroatoms. The Morgan fingerprint density at radius 3 is 2.12 bits per heavy atom. The van der Waals surface area contributed by atoms with Crippen LogP contribution in [0.15, 0.2) is 0 Å². The minimum Gasteiger partial charge on any atom is -0.311 e. The van der Waals surface area contributed by atoms with Gasteiger partial charge >= 0.3 is 0 Å². The van der Waals surface area contributed by atoms with Gasteiger partial charge in [0.25, 0.3) is 0 Å². The van der Waals surface area contributed by atoms with Crippen molar-refractivity contribution in [2.24, 2.45) is 11.8 Å². The highest BCUT2D eigenvalue weighted by molar-refractivity contribution is 4.83. The first-order valence-corrected chi connectivity index (χ1v) is 7.31. The van der Waals surface area contributed by atoms with Crippen LogP contribution in [0.2, 0.25) is 0 Å². The maximum Gasteiger partial charge on any atom is 0.0218 e. The topological polar surface area (TPSA) is 15.3 Å². The number of nitrogens with zero attached hydrogens (tertiary/aromatic N) is 1. The third kappa shape index (κ3) is 5.39. The van der Waals surface area contributed by atoms with Gasteiger partial charge in [0.2, 0.25) is 0 Å². The van der Waals surface area contributed by atoms with Crippen LogP contribution in [0.3, 0.4) is 0 Å². The first-order valence-electron chi connectivity index (χ1n) is 7.31. The normalized spacial score (nSPS) is 29.3. The fraction of sp³-hybridized carbons (Fsp3) is 1.00. The van der Waals surface area contributed by atoms with Gasteiger partial charge in [0.05, 0.1) is 0 Å². The first kappa shape index (κ1) is 15.0. The van der Waals surface area contributed by atoms with Crippen LogP contribution in [-0.2, 0) is 0 Å². The van der Waals surface area contributed by atoms with Crippen LogP contribution in [0, 0.1) is 11.8 Å². The van der Waals surface area contributed by atoms with E-state index in [9.17, 15) is 0 Å². The van der Waals surface area contributed by atoms with Gasteiger partial charge in [-0.15, -0.1) is 0 Å². The van der Waals surface area contributed by atoms with Crippen LogP contribution >= 0.6 is 0 Å². The van der Waals surface area contributed by atoms with Crippen molar-refractivity contribution in [2.75, 3.05) is 19.6 Å². The molecule has 102 valence electrons. The quantitative estimate of drug-likeness (QED) is 0.812. The van der Waals surface area contributed by atoms with Crippen molar-refractivity contribution in [1.82, 2.24) is 10.2 Å². The van der Waals surface area contributed by atoms with Gasteiger partial charge < -0.3 is 5.32 Å². The third-order valence-corrected chi connectivity index (χ3v) is 3.75. The third-order valence-electron chi connectivity index (χ3n) is 3.75. The first-order chi connectivity index (χ1) is 7.81. The average molecular weight is 240 g/mol. The molecule has 1 aliphatic heterocycles. The molecule has 0 amide bonds. The minimum atomic E-state index is 0.237. The van der Waals surface area contributed by atoms with Gasteiger partial charge in [-0.2, -0.15) is 0 Å². The van der Waals surface area contributed by atoms with Crippen LogP contribution in [0.4, 0.5) is 0 Å². The molecule has 0 aromatic heterocycles. The lowest BCUT2D eigenvalue weighted by Gasteiger charge is -2.41. The highest BCUT2D eigenvalue weighted by Crippen LogP contribution is 2.23. The Hall–Kier alpha value is -0.0800. The maximum absolute atomic E-state index is 3.66. The van der Waals surface area contributed by atoms with E-state index in [1.54, 1.807) is 0 Å². The Morgan fingerprint density at radius 1 is 1.18 bits per heavy atom. The number of hydrogen-bond donors (Lipinski definition) is 1. The molecular weight excluding hydrogens is 208 g/mol. The number of hydrogen-bond acceptors (Lipinski definition) is 2. The largest absolute Gasteiger partial charge is 0.311 e. The second-order valence-corrected chi connectivity index (χ2v) is 7.09. The van der Waals surface area contributed by atoms with Crippen molar-refractivity contribution >= 4 is 0 Å². The highest BCUT2D eigenvalue weighted by atomic mass is 15.2. The predicted octanol–water partition coefficient (Wildman–Crippen LogP) is 3.13. The Kier molecular flexibility index (Phi) is 5.46. The van der Waals surface area contributed by atoms with E-state index in [4.69, 9.17) is 0 Å². The van der Waals surface area contributed by atoms with E-state index in [2.05, 4.69) is 51.8 Å². The van der Waals surface area contributed by atoms with Gasteiger partial charge in [-0.25, -0.2) is 0 Å². The van der Waals surface area contributed by atoms with Crippen molar-refractivity contribution in [3.05, 3.63) is 0 Å². The van der Waals surface area contributed by atoms with Gasteiger partial charge in [0, 0.05) is 31.2 Å². The summed E-state index contributed by atoms with van der Waals surface area (Å²) >= 11 is 0. The van der Waals surface area contributed by atoms with Crippen molar-refractivity contribution in [3.63, 3.8) is 0 Å². The standard InChI is InChI=1S/C15H32N2/c1-7-14(9-16-15(4,5)6)17-10-12(2)8-13(3)11-17/h12-14,16H,7-11H2,1-6H3. The molecule has 0 spiro atoms. The van der Waals surface area contributed by atoms with E-state index in [-0.39, 0.29) is 5.54 Å². The number of likely N-dealkylation sites (tertiary alicyclic amines) is 1. The van der Waals surface area contributed by atoms with Crippen molar-refractivity contribution < 1.29 is 0 Å². The molecule has 1 N–H and O–H groups in total. The summed E-state index contributed by atoms with van der Waals surface area (Å²) < 4.78 is 0. The van der Waals surface area contributed by atoms with E-state index in [1.165, 1.54) is 25.9 Å². The monoisotopic (exact) mass is 240 g/mol. The van der Waals surface area contributed by atoms with Gasteiger partial charge in [0.1, 0.15) is 0 Å². The smallest absolute Gasteiger partial charge is 0.0218 e. The number of piperidine rings is 1. The molecule has 1 rings (SSSR count). The molecule has 3 unspecified atom stereocenters. The Labute approximate surface area is 108 Å². The van der Waals surface area contributed by atoms with Gasteiger partial charge in [0.15, 0.2) is 0 Å². The zero-order chi connectivity index (χ0) is 13.1. The molecule has 1 saturated heterocycles. The highest BCUT2D eigenvalue weighted by Gasteiger charge is 2.27. The average Bonchev–Trinajstić information content (AvgIpc) is 2.15.